The molecule has 2 aromatic heterocycles. The first kappa shape index (κ1) is 23.2. The summed E-state index contributed by atoms with van der Waals surface area (Å²) < 4.78 is 7.76. The molecule has 8 nitrogen and oxygen atoms in total. The zero-order valence-corrected chi connectivity index (χ0v) is 21.1. The summed E-state index contributed by atoms with van der Waals surface area (Å²) in [5.74, 6) is 1.71. The van der Waals surface area contributed by atoms with Crippen molar-refractivity contribution in [2.75, 3.05) is 45.2 Å². The van der Waals surface area contributed by atoms with Crippen molar-refractivity contribution in [1.82, 2.24) is 30.0 Å². The van der Waals surface area contributed by atoms with Crippen LogP contribution in [0.1, 0.15) is 42.5 Å². The molecule has 2 saturated heterocycles. The van der Waals surface area contributed by atoms with Crippen LogP contribution >= 0.6 is 0 Å². The van der Waals surface area contributed by atoms with E-state index in [1.165, 1.54) is 24.0 Å². The molecule has 5 rings (SSSR count). The number of benzene rings is 1. The number of piperidine rings is 1. The van der Waals surface area contributed by atoms with E-state index in [0.29, 0.717) is 17.8 Å². The molecule has 2 aliphatic rings. The van der Waals surface area contributed by atoms with Gasteiger partial charge in [0.2, 0.25) is 5.95 Å². The zero-order valence-electron chi connectivity index (χ0n) is 21.1. The lowest BCUT2D eigenvalue weighted by molar-refractivity contribution is 0.0404. The molecule has 34 heavy (non-hydrogen) atoms. The van der Waals surface area contributed by atoms with Gasteiger partial charge < -0.3 is 15.4 Å². The third kappa shape index (κ3) is 4.19. The molecule has 0 radical (unpaired) electrons. The van der Waals surface area contributed by atoms with Crippen molar-refractivity contribution in [2.45, 2.75) is 45.1 Å². The first-order valence-corrected chi connectivity index (χ1v) is 12.4. The fraction of sp³-hybridized carbons (Fsp3) is 0.577. The minimum absolute atomic E-state index is 0.130. The van der Waals surface area contributed by atoms with Crippen molar-refractivity contribution >= 4 is 22.5 Å². The Balaban J connectivity index is 1.33. The predicted molar refractivity (Wildman–Crippen MR) is 136 cm³/mol. The van der Waals surface area contributed by atoms with Crippen molar-refractivity contribution in [3.8, 4) is 0 Å². The first-order chi connectivity index (χ1) is 16.4. The fourth-order valence-corrected chi connectivity index (χ4v) is 5.73. The molecule has 1 unspecified atom stereocenters. The van der Waals surface area contributed by atoms with E-state index in [4.69, 9.17) is 9.72 Å². The SMILES string of the molecule is CNCC1COC[C@@]1(C)N1CCC(c2cc3nc(Nc4cnn(C)c4C)ncc3cc2C)CC1. The Kier molecular flexibility index (Phi) is 6.31. The third-order valence-electron chi connectivity index (χ3n) is 8.15. The van der Waals surface area contributed by atoms with Crippen LogP contribution in [0.25, 0.3) is 10.9 Å². The fourth-order valence-electron chi connectivity index (χ4n) is 5.73. The lowest BCUT2D eigenvalue weighted by Gasteiger charge is -2.45. The maximum atomic E-state index is 5.91. The molecule has 2 N–H and O–H groups in total. The largest absolute Gasteiger partial charge is 0.379 e. The summed E-state index contributed by atoms with van der Waals surface area (Å²) in [6, 6.07) is 4.53. The number of rotatable bonds is 6. The van der Waals surface area contributed by atoms with Crippen LogP contribution in [0.2, 0.25) is 0 Å². The number of likely N-dealkylation sites (tertiary alicyclic amines) is 1. The first-order valence-electron chi connectivity index (χ1n) is 12.4. The summed E-state index contributed by atoms with van der Waals surface area (Å²) in [4.78, 5) is 12.1. The molecule has 8 heteroatoms. The number of nitrogens with one attached hydrogen (secondary N) is 2. The smallest absolute Gasteiger partial charge is 0.227 e. The van der Waals surface area contributed by atoms with Crippen LogP contribution < -0.4 is 10.6 Å². The Morgan fingerprint density at radius 3 is 2.68 bits per heavy atom. The van der Waals surface area contributed by atoms with Crippen molar-refractivity contribution in [2.24, 2.45) is 13.0 Å². The Morgan fingerprint density at radius 2 is 1.97 bits per heavy atom. The van der Waals surface area contributed by atoms with Gasteiger partial charge in [0.25, 0.3) is 0 Å². The van der Waals surface area contributed by atoms with Gasteiger partial charge in [-0.05, 0) is 82.9 Å². The molecule has 0 bridgehead atoms. The summed E-state index contributed by atoms with van der Waals surface area (Å²) in [5.41, 5.74) is 5.87. The van der Waals surface area contributed by atoms with Crippen molar-refractivity contribution in [1.29, 1.82) is 0 Å². The van der Waals surface area contributed by atoms with Gasteiger partial charge in [-0.25, -0.2) is 9.97 Å². The van der Waals surface area contributed by atoms with Crippen LogP contribution in [0.4, 0.5) is 11.6 Å². The van der Waals surface area contributed by atoms with E-state index in [1.807, 2.05) is 38.1 Å². The van der Waals surface area contributed by atoms with E-state index in [9.17, 15) is 0 Å². The van der Waals surface area contributed by atoms with E-state index in [-0.39, 0.29) is 5.54 Å². The summed E-state index contributed by atoms with van der Waals surface area (Å²) in [5, 5.41) is 12.1. The van der Waals surface area contributed by atoms with Gasteiger partial charge in [-0.3, -0.25) is 9.58 Å². The number of fused-ring (bicyclic) bond motifs is 1. The van der Waals surface area contributed by atoms with Crippen molar-refractivity contribution in [3.63, 3.8) is 0 Å². The highest BCUT2D eigenvalue weighted by Crippen LogP contribution is 2.38. The van der Waals surface area contributed by atoms with Crippen LogP contribution in [-0.4, -0.2) is 70.1 Å². The Bertz CT molecular complexity index is 1170. The van der Waals surface area contributed by atoms with Crippen LogP contribution in [0, 0.1) is 19.8 Å². The van der Waals surface area contributed by atoms with Gasteiger partial charge in [0.1, 0.15) is 0 Å². The number of hydrogen-bond donors (Lipinski definition) is 2. The monoisotopic (exact) mass is 463 g/mol. The van der Waals surface area contributed by atoms with Crippen LogP contribution in [0.15, 0.2) is 24.5 Å². The van der Waals surface area contributed by atoms with Gasteiger partial charge in [-0.1, -0.05) is 0 Å². The molecule has 2 atom stereocenters. The highest BCUT2D eigenvalue weighted by molar-refractivity contribution is 5.81. The number of ether oxygens (including phenoxy) is 1. The molecule has 0 spiro atoms. The molecule has 2 aliphatic heterocycles. The second kappa shape index (κ2) is 9.24. The van der Waals surface area contributed by atoms with Crippen molar-refractivity contribution < 1.29 is 4.74 Å². The Hall–Kier alpha value is -2.55. The molecular formula is C26H37N7O. The van der Waals surface area contributed by atoms with E-state index in [0.717, 1.165) is 55.1 Å². The normalized spacial score (nSPS) is 24.2. The van der Waals surface area contributed by atoms with Crippen LogP contribution in [0.3, 0.4) is 0 Å². The van der Waals surface area contributed by atoms with Gasteiger partial charge in [0, 0.05) is 36.6 Å². The van der Waals surface area contributed by atoms with Gasteiger partial charge in [0.15, 0.2) is 0 Å². The van der Waals surface area contributed by atoms with Gasteiger partial charge in [-0.2, -0.15) is 5.10 Å². The number of aryl methyl sites for hydroxylation is 2. The average Bonchev–Trinajstić information content (AvgIpc) is 3.37. The second-order valence-corrected chi connectivity index (χ2v) is 10.2. The number of anilines is 2. The van der Waals surface area contributed by atoms with Gasteiger partial charge in [-0.15, -0.1) is 0 Å². The summed E-state index contributed by atoms with van der Waals surface area (Å²) in [6.07, 6.45) is 6.06. The van der Waals surface area contributed by atoms with Gasteiger partial charge in [0.05, 0.1) is 36.3 Å². The number of nitrogens with zero attached hydrogens (tertiary/aromatic N) is 5. The minimum atomic E-state index is 0.130. The standard InChI is InChI=1S/C26H37N7O/c1-17-10-20-12-28-25(31-24-14-29-32(5)18(24)2)30-23(20)11-22(17)19-6-8-33(9-7-19)26(3)16-34-15-21(26)13-27-4/h10-12,14,19,21,27H,6-9,13,15-16H2,1-5H3,(H,28,30,31)/t21?,26-/m1/s1. The molecule has 0 amide bonds. The quantitative estimate of drug-likeness (QED) is 0.579. The summed E-state index contributed by atoms with van der Waals surface area (Å²) in [6.45, 7) is 11.6. The van der Waals surface area contributed by atoms with E-state index in [1.54, 1.807) is 0 Å². The topological polar surface area (TPSA) is 80.1 Å². The molecule has 3 aromatic rings. The minimum Gasteiger partial charge on any atom is -0.379 e. The molecule has 182 valence electrons. The Labute approximate surface area is 202 Å². The maximum absolute atomic E-state index is 5.91. The highest BCUT2D eigenvalue weighted by Gasteiger charge is 2.45. The highest BCUT2D eigenvalue weighted by atomic mass is 16.5. The summed E-state index contributed by atoms with van der Waals surface area (Å²) >= 11 is 0. The second-order valence-electron chi connectivity index (χ2n) is 10.2. The molecule has 0 aliphatic carbocycles. The molecule has 0 saturated carbocycles. The van der Waals surface area contributed by atoms with Crippen LogP contribution in [-0.2, 0) is 11.8 Å². The Morgan fingerprint density at radius 1 is 1.18 bits per heavy atom. The molecular weight excluding hydrogens is 426 g/mol. The van der Waals surface area contributed by atoms with E-state index < -0.39 is 0 Å². The zero-order chi connectivity index (χ0) is 23.9. The molecule has 1 aromatic carbocycles. The lowest BCUT2D eigenvalue weighted by Crippen LogP contribution is -2.56. The van der Waals surface area contributed by atoms with Crippen LogP contribution in [0.5, 0.6) is 0 Å². The molecule has 4 heterocycles. The summed E-state index contributed by atoms with van der Waals surface area (Å²) in [7, 11) is 3.97. The molecule has 2 fully saturated rings. The average molecular weight is 464 g/mol. The lowest BCUT2D eigenvalue weighted by atomic mass is 9.81. The number of hydrogen-bond acceptors (Lipinski definition) is 7. The van der Waals surface area contributed by atoms with Crippen molar-refractivity contribution in [3.05, 3.63) is 41.3 Å². The number of aromatic nitrogens is 4. The van der Waals surface area contributed by atoms with E-state index in [2.05, 4.69) is 51.6 Å². The maximum Gasteiger partial charge on any atom is 0.227 e. The predicted octanol–water partition coefficient (Wildman–Crippen LogP) is 3.53. The van der Waals surface area contributed by atoms with E-state index >= 15 is 0 Å². The third-order valence-corrected chi connectivity index (χ3v) is 8.15. The van der Waals surface area contributed by atoms with Gasteiger partial charge >= 0.3 is 0 Å².